The minimum atomic E-state index is -3.70. The van der Waals surface area contributed by atoms with Gasteiger partial charge in [0.2, 0.25) is 5.91 Å². The molecule has 1 fully saturated rings. The van der Waals surface area contributed by atoms with Gasteiger partial charge in [0, 0.05) is 27.7 Å². The number of carbonyl (C=O) groups excluding carboxylic acids is 1. The van der Waals surface area contributed by atoms with Gasteiger partial charge in [-0.05, 0) is 54.8 Å². The molecule has 7 nitrogen and oxygen atoms in total. The van der Waals surface area contributed by atoms with Crippen LogP contribution < -0.4 is 14.8 Å². The molecule has 186 valence electrons. The number of carbonyl (C=O) groups is 1. The Morgan fingerprint density at radius 2 is 1.83 bits per heavy atom. The first kappa shape index (κ1) is 23.6. The first-order valence-corrected chi connectivity index (χ1v) is 11.6. The number of nitrogens with one attached hydrogen (secondary N) is 1. The third kappa shape index (κ3) is 4.23. The zero-order chi connectivity index (χ0) is 25.2. The van der Waals surface area contributed by atoms with Crippen molar-refractivity contribution in [1.82, 2.24) is 4.57 Å². The third-order valence-corrected chi connectivity index (χ3v) is 6.67. The average molecular weight is 487 g/mol. The zero-order valence-corrected chi connectivity index (χ0v) is 19.8. The molecule has 2 aliphatic rings. The molecule has 2 heterocycles. The molecule has 3 aromatic rings. The smallest absolute Gasteiger partial charge is 0.395 e. The summed E-state index contributed by atoms with van der Waals surface area (Å²) in [4.78, 5) is 13.3. The number of ether oxygens (including phenoxy) is 2. The molecule has 1 aromatic heterocycles. The standard InChI is InChI=1S/C26H28F2N2O5/c1-24(2,3)22-11-15-10-17(5-6-19(15)30(22)13-18(32)14-31)29-23(33)25(8-9-25)16-4-7-20-21(12-16)35-26(27,28)34-20/h4-7,10-12,18,31-32H,8-9,13-14H2,1-3H3,(H,29,33)/t18-/m0/s1. The van der Waals surface area contributed by atoms with E-state index in [4.69, 9.17) is 0 Å². The first-order valence-electron chi connectivity index (χ1n) is 11.6. The number of halogens is 2. The Hall–Kier alpha value is -3.17. The minimum Gasteiger partial charge on any atom is -0.395 e. The topological polar surface area (TPSA) is 93.0 Å². The molecule has 0 unspecified atom stereocenters. The molecular weight excluding hydrogens is 458 g/mol. The van der Waals surface area contributed by atoms with E-state index in [9.17, 15) is 23.8 Å². The molecule has 1 atom stereocenters. The number of rotatable bonds is 6. The van der Waals surface area contributed by atoms with E-state index in [1.54, 1.807) is 12.1 Å². The Kier molecular flexibility index (Phi) is 5.34. The van der Waals surface area contributed by atoms with E-state index in [1.165, 1.54) is 12.1 Å². The van der Waals surface area contributed by atoms with Crippen LogP contribution in [0.2, 0.25) is 0 Å². The molecule has 35 heavy (non-hydrogen) atoms. The number of benzene rings is 2. The SMILES string of the molecule is CC(C)(C)c1cc2cc(NC(=O)C3(c4ccc5c(c4)OC(F)(F)O5)CC3)ccc2n1C[C@H](O)CO. The summed E-state index contributed by atoms with van der Waals surface area (Å²) in [7, 11) is 0. The van der Waals surface area contributed by atoms with Gasteiger partial charge in [0.25, 0.3) is 0 Å². The zero-order valence-electron chi connectivity index (χ0n) is 19.8. The monoisotopic (exact) mass is 486 g/mol. The quantitative estimate of drug-likeness (QED) is 0.484. The number of anilines is 1. The van der Waals surface area contributed by atoms with Crippen molar-refractivity contribution in [3.63, 3.8) is 0 Å². The van der Waals surface area contributed by atoms with Gasteiger partial charge in [0.15, 0.2) is 11.5 Å². The molecule has 1 saturated carbocycles. The molecule has 1 amide bonds. The Morgan fingerprint density at radius 3 is 2.49 bits per heavy atom. The van der Waals surface area contributed by atoms with Gasteiger partial charge in [-0.3, -0.25) is 4.79 Å². The fraction of sp³-hybridized carbons (Fsp3) is 0.423. The molecule has 5 rings (SSSR count). The van der Waals surface area contributed by atoms with Crippen LogP contribution in [0.15, 0.2) is 42.5 Å². The minimum absolute atomic E-state index is 0.0501. The lowest BCUT2D eigenvalue weighted by molar-refractivity contribution is -0.286. The van der Waals surface area contributed by atoms with E-state index in [2.05, 4.69) is 35.6 Å². The van der Waals surface area contributed by atoms with E-state index in [1.807, 2.05) is 22.8 Å². The van der Waals surface area contributed by atoms with Crippen LogP contribution in [-0.4, -0.2) is 39.7 Å². The summed E-state index contributed by atoms with van der Waals surface area (Å²) in [5.74, 6) is -0.339. The number of alkyl halides is 2. The van der Waals surface area contributed by atoms with Gasteiger partial charge in [-0.2, -0.15) is 0 Å². The van der Waals surface area contributed by atoms with Crippen LogP contribution in [0.1, 0.15) is 44.9 Å². The Labute approximate surface area is 201 Å². The first-order chi connectivity index (χ1) is 16.4. The fourth-order valence-electron chi connectivity index (χ4n) is 4.70. The third-order valence-electron chi connectivity index (χ3n) is 6.67. The lowest BCUT2D eigenvalue weighted by Gasteiger charge is -2.23. The van der Waals surface area contributed by atoms with Gasteiger partial charge >= 0.3 is 6.29 Å². The molecule has 0 bridgehead atoms. The van der Waals surface area contributed by atoms with Crippen molar-refractivity contribution in [1.29, 1.82) is 0 Å². The molecule has 1 aliphatic carbocycles. The Balaban J connectivity index is 1.42. The Morgan fingerprint density at radius 1 is 1.11 bits per heavy atom. The second kappa shape index (κ2) is 7.93. The van der Waals surface area contributed by atoms with Crippen LogP contribution in [0.25, 0.3) is 10.9 Å². The molecule has 1 aliphatic heterocycles. The average Bonchev–Trinajstić information content (AvgIpc) is 3.42. The second-order valence-electron chi connectivity index (χ2n) is 10.4. The summed E-state index contributed by atoms with van der Waals surface area (Å²) >= 11 is 0. The largest absolute Gasteiger partial charge is 0.586 e. The summed E-state index contributed by atoms with van der Waals surface area (Å²) in [5, 5.41) is 23.3. The van der Waals surface area contributed by atoms with E-state index in [0.29, 0.717) is 24.1 Å². The van der Waals surface area contributed by atoms with Gasteiger partial charge < -0.3 is 29.6 Å². The van der Waals surface area contributed by atoms with E-state index >= 15 is 0 Å². The molecule has 2 aromatic carbocycles. The summed E-state index contributed by atoms with van der Waals surface area (Å²) in [5.41, 5.74) is 2.10. The number of hydrogen-bond donors (Lipinski definition) is 3. The highest BCUT2D eigenvalue weighted by Gasteiger charge is 2.52. The number of aromatic nitrogens is 1. The number of fused-ring (bicyclic) bond motifs is 2. The maximum Gasteiger partial charge on any atom is 0.586 e. The number of hydrogen-bond acceptors (Lipinski definition) is 5. The van der Waals surface area contributed by atoms with Crippen molar-refractivity contribution >= 4 is 22.5 Å². The van der Waals surface area contributed by atoms with E-state index in [0.717, 1.165) is 16.6 Å². The summed E-state index contributed by atoms with van der Waals surface area (Å²) in [6, 6.07) is 12.1. The van der Waals surface area contributed by atoms with Crippen molar-refractivity contribution in [3.8, 4) is 11.5 Å². The Bertz CT molecular complexity index is 1310. The highest BCUT2D eigenvalue weighted by Crippen LogP contribution is 2.52. The van der Waals surface area contributed by atoms with Gasteiger partial charge in [-0.15, -0.1) is 8.78 Å². The predicted molar refractivity (Wildman–Crippen MR) is 126 cm³/mol. The second-order valence-corrected chi connectivity index (χ2v) is 10.4. The van der Waals surface area contributed by atoms with Gasteiger partial charge in [0.05, 0.1) is 24.7 Å². The molecule has 9 heteroatoms. The molecule has 0 radical (unpaired) electrons. The van der Waals surface area contributed by atoms with Gasteiger partial charge in [-0.1, -0.05) is 26.8 Å². The highest BCUT2D eigenvalue weighted by atomic mass is 19.3. The van der Waals surface area contributed by atoms with E-state index < -0.39 is 17.8 Å². The van der Waals surface area contributed by atoms with Crippen LogP contribution >= 0.6 is 0 Å². The lowest BCUT2D eigenvalue weighted by atomic mass is 9.92. The van der Waals surface area contributed by atoms with Gasteiger partial charge in [0.1, 0.15) is 0 Å². The van der Waals surface area contributed by atoms with Crippen LogP contribution in [0.3, 0.4) is 0 Å². The van der Waals surface area contributed by atoms with Crippen molar-refractivity contribution in [2.24, 2.45) is 0 Å². The van der Waals surface area contributed by atoms with Crippen molar-refractivity contribution in [2.45, 2.75) is 63.4 Å². The predicted octanol–water partition coefficient (Wildman–Crippen LogP) is 4.28. The number of aliphatic hydroxyl groups is 2. The molecule has 3 N–H and O–H groups in total. The highest BCUT2D eigenvalue weighted by molar-refractivity contribution is 6.02. The van der Waals surface area contributed by atoms with Crippen LogP contribution in [0, 0.1) is 0 Å². The van der Waals surface area contributed by atoms with Crippen molar-refractivity contribution in [2.75, 3.05) is 11.9 Å². The van der Waals surface area contributed by atoms with E-state index in [-0.39, 0.29) is 36.0 Å². The maximum atomic E-state index is 13.4. The van der Waals surface area contributed by atoms with Crippen LogP contribution in [0.4, 0.5) is 14.5 Å². The molecular formula is C26H28F2N2O5. The van der Waals surface area contributed by atoms with Crippen LogP contribution in [-0.2, 0) is 22.2 Å². The molecule has 0 spiro atoms. The summed E-state index contributed by atoms with van der Waals surface area (Å²) in [6.45, 7) is 6.14. The van der Waals surface area contributed by atoms with Crippen molar-refractivity contribution < 1.29 is 33.3 Å². The van der Waals surface area contributed by atoms with Crippen molar-refractivity contribution in [3.05, 3.63) is 53.7 Å². The number of aliphatic hydroxyl groups excluding tert-OH is 2. The number of nitrogens with zero attached hydrogens (tertiary/aromatic N) is 1. The summed E-state index contributed by atoms with van der Waals surface area (Å²) < 4.78 is 37.8. The van der Waals surface area contributed by atoms with Gasteiger partial charge in [-0.25, -0.2) is 0 Å². The summed E-state index contributed by atoms with van der Waals surface area (Å²) in [6.07, 6.45) is -3.39. The fourth-order valence-corrected chi connectivity index (χ4v) is 4.70. The number of amides is 1. The molecule has 0 saturated heterocycles. The maximum absolute atomic E-state index is 13.4. The lowest BCUT2D eigenvalue weighted by Crippen LogP contribution is -2.28. The normalized spacial score (nSPS) is 18.5. The van der Waals surface area contributed by atoms with Crippen LogP contribution in [0.5, 0.6) is 11.5 Å².